The van der Waals surface area contributed by atoms with Crippen molar-refractivity contribution in [1.29, 1.82) is 0 Å². The molecule has 6 nitrogen and oxygen atoms in total. The molecule has 1 atom stereocenters. The molecule has 7 heteroatoms. The second-order valence-electron chi connectivity index (χ2n) is 4.20. The van der Waals surface area contributed by atoms with E-state index in [4.69, 9.17) is 5.73 Å². The molecule has 1 heterocycles. The van der Waals surface area contributed by atoms with E-state index in [0.717, 1.165) is 12.1 Å². The van der Waals surface area contributed by atoms with Crippen LogP contribution in [0.15, 0.2) is 18.2 Å². The SMILES string of the molecule is NCC1CC(=O)N(c2ccc([N+](=O)[O-])c(F)c2)C1. The number of halogens is 1. The number of rotatable bonds is 3. The van der Waals surface area contributed by atoms with Gasteiger partial charge in [0.1, 0.15) is 0 Å². The van der Waals surface area contributed by atoms with Crippen LogP contribution in [0.1, 0.15) is 6.42 Å². The summed E-state index contributed by atoms with van der Waals surface area (Å²) >= 11 is 0. The molecule has 1 fully saturated rings. The lowest BCUT2D eigenvalue weighted by Crippen LogP contribution is -2.25. The number of nitrogens with zero attached hydrogens (tertiary/aromatic N) is 2. The second-order valence-corrected chi connectivity index (χ2v) is 4.20. The minimum Gasteiger partial charge on any atom is -0.330 e. The van der Waals surface area contributed by atoms with Crippen LogP contribution in [0.25, 0.3) is 0 Å². The second kappa shape index (κ2) is 4.69. The maximum atomic E-state index is 13.5. The molecule has 0 saturated carbocycles. The highest BCUT2D eigenvalue weighted by atomic mass is 19.1. The Hall–Kier alpha value is -2.02. The molecule has 0 aromatic heterocycles. The Kier molecular flexibility index (Phi) is 3.24. The predicted molar refractivity (Wildman–Crippen MR) is 62.6 cm³/mol. The molecule has 0 radical (unpaired) electrons. The number of nitrogens with two attached hydrogens (primary N) is 1. The number of hydrogen-bond acceptors (Lipinski definition) is 4. The van der Waals surface area contributed by atoms with Gasteiger partial charge in [0, 0.05) is 30.8 Å². The average Bonchev–Trinajstić information content (AvgIpc) is 2.70. The first-order valence-electron chi connectivity index (χ1n) is 5.47. The van der Waals surface area contributed by atoms with E-state index >= 15 is 0 Å². The highest BCUT2D eigenvalue weighted by Gasteiger charge is 2.30. The van der Waals surface area contributed by atoms with Crippen LogP contribution >= 0.6 is 0 Å². The smallest absolute Gasteiger partial charge is 0.304 e. The summed E-state index contributed by atoms with van der Waals surface area (Å²) in [6, 6.07) is 3.45. The average molecular weight is 253 g/mol. The summed E-state index contributed by atoms with van der Waals surface area (Å²) in [6.07, 6.45) is 0.328. The van der Waals surface area contributed by atoms with E-state index in [-0.39, 0.29) is 11.8 Å². The van der Waals surface area contributed by atoms with Gasteiger partial charge in [-0.05, 0) is 18.5 Å². The number of benzene rings is 1. The van der Waals surface area contributed by atoms with Gasteiger partial charge in [0.25, 0.3) is 0 Å². The van der Waals surface area contributed by atoms with Crippen molar-refractivity contribution in [3.63, 3.8) is 0 Å². The van der Waals surface area contributed by atoms with Gasteiger partial charge in [-0.15, -0.1) is 0 Å². The molecule has 2 rings (SSSR count). The Labute approximate surface area is 102 Å². The largest absolute Gasteiger partial charge is 0.330 e. The number of nitro benzene ring substituents is 1. The summed E-state index contributed by atoms with van der Waals surface area (Å²) in [5.41, 5.74) is 5.22. The first kappa shape index (κ1) is 12.4. The van der Waals surface area contributed by atoms with Gasteiger partial charge in [-0.2, -0.15) is 4.39 Å². The predicted octanol–water partition coefficient (Wildman–Crippen LogP) is 1.05. The minimum atomic E-state index is -0.943. The molecule has 1 aromatic carbocycles. The van der Waals surface area contributed by atoms with Gasteiger partial charge in [-0.1, -0.05) is 0 Å². The molecule has 1 amide bonds. The minimum absolute atomic E-state index is 0.0516. The number of carbonyl (C=O) groups excluding carboxylic acids is 1. The molecule has 1 aliphatic heterocycles. The van der Waals surface area contributed by atoms with E-state index in [1.165, 1.54) is 11.0 Å². The van der Waals surface area contributed by atoms with E-state index in [1.54, 1.807) is 0 Å². The molecule has 0 bridgehead atoms. The fourth-order valence-corrected chi connectivity index (χ4v) is 2.00. The lowest BCUT2D eigenvalue weighted by atomic mass is 10.1. The van der Waals surface area contributed by atoms with Crippen LogP contribution in [0.5, 0.6) is 0 Å². The van der Waals surface area contributed by atoms with Gasteiger partial charge >= 0.3 is 5.69 Å². The number of anilines is 1. The van der Waals surface area contributed by atoms with Crippen LogP contribution in [0, 0.1) is 21.8 Å². The number of amides is 1. The standard InChI is InChI=1S/C11H12FN3O3/c12-9-4-8(1-2-10(9)15(17)18)14-6-7(5-13)3-11(14)16/h1-2,4,7H,3,5-6,13H2. The van der Waals surface area contributed by atoms with Crippen LogP contribution in [-0.2, 0) is 4.79 Å². The molecule has 0 spiro atoms. The van der Waals surface area contributed by atoms with Crippen LogP contribution in [0.3, 0.4) is 0 Å². The Balaban J connectivity index is 2.27. The lowest BCUT2D eigenvalue weighted by Gasteiger charge is -2.16. The van der Waals surface area contributed by atoms with Gasteiger partial charge < -0.3 is 10.6 Å². The molecule has 18 heavy (non-hydrogen) atoms. The molecule has 0 aliphatic carbocycles. The summed E-state index contributed by atoms with van der Waals surface area (Å²) in [7, 11) is 0. The molecular weight excluding hydrogens is 241 g/mol. The van der Waals surface area contributed by atoms with Gasteiger partial charge in [0.2, 0.25) is 11.7 Å². The Morgan fingerprint density at radius 2 is 2.28 bits per heavy atom. The molecule has 1 saturated heterocycles. The summed E-state index contributed by atoms with van der Waals surface area (Å²) in [4.78, 5) is 22.8. The van der Waals surface area contributed by atoms with Crippen LogP contribution < -0.4 is 10.6 Å². The van der Waals surface area contributed by atoms with Crippen molar-refractivity contribution in [2.75, 3.05) is 18.0 Å². The van der Waals surface area contributed by atoms with Crippen LogP contribution in [0.2, 0.25) is 0 Å². The van der Waals surface area contributed by atoms with Gasteiger partial charge in [-0.25, -0.2) is 0 Å². The highest BCUT2D eigenvalue weighted by Crippen LogP contribution is 2.28. The van der Waals surface area contributed by atoms with Crippen molar-refractivity contribution in [2.45, 2.75) is 6.42 Å². The third-order valence-corrected chi connectivity index (χ3v) is 2.98. The molecular formula is C11H12FN3O3. The zero-order valence-corrected chi connectivity index (χ0v) is 9.51. The highest BCUT2D eigenvalue weighted by molar-refractivity contribution is 5.95. The topological polar surface area (TPSA) is 89.5 Å². The van der Waals surface area contributed by atoms with Crippen molar-refractivity contribution in [1.82, 2.24) is 0 Å². The quantitative estimate of drug-likeness (QED) is 0.644. The summed E-state index contributed by atoms with van der Waals surface area (Å²) in [6.45, 7) is 0.810. The van der Waals surface area contributed by atoms with E-state index in [0.29, 0.717) is 25.2 Å². The van der Waals surface area contributed by atoms with Gasteiger partial charge in [0.15, 0.2) is 0 Å². The van der Waals surface area contributed by atoms with Crippen molar-refractivity contribution < 1.29 is 14.1 Å². The van der Waals surface area contributed by atoms with Crippen molar-refractivity contribution >= 4 is 17.3 Å². The monoisotopic (exact) mass is 253 g/mol. The first-order chi connectivity index (χ1) is 8.52. The summed E-state index contributed by atoms with van der Waals surface area (Å²) in [5.74, 6) is -1.03. The number of nitro groups is 1. The maximum absolute atomic E-state index is 13.5. The van der Waals surface area contributed by atoms with E-state index < -0.39 is 16.4 Å². The third-order valence-electron chi connectivity index (χ3n) is 2.98. The fourth-order valence-electron chi connectivity index (χ4n) is 2.00. The Morgan fingerprint density at radius 1 is 1.56 bits per heavy atom. The Bertz CT molecular complexity index is 506. The zero-order chi connectivity index (χ0) is 13.3. The molecule has 2 N–H and O–H groups in total. The third kappa shape index (κ3) is 2.17. The normalized spacial score (nSPS) is 19.3. The van der Waals surface area contributed by atoms with Crippen LogP contribution in [-0.4, -0.2) is 23.9 Å². The fraction of sp³-hybridized carbons (Fsp3) is 0.364. The molecule has 1 aliphatic rings. The van der Waals surface area contributed by atoms with E-state index in [1.807, 2.05) is 0 Å². The maximum Gasteiger partial charge on any atom is 0.304 e. The summed E-state index contributed by atoms with van der Waals surface area (Å²) < 4.78 is 13.5. The van der Waals surface area contributed by atoms with Crippen molar-refractivity contribution in [2.24, 2.45) is 11.7 Å². The van der Waals surface area contributed by atoms with Gasteiger partial charge in [-0.3, -0.25) is 14.9 Å². The molecule has 96 valence electrons. The summed E-state index contributed by atoms with van der Waals surface area (Å²) in [5, 5.41) is 10.5. The molecule has 1 aromatic rings. The number of hydrogen-bond donors (Lipinski definition) is 1. The van der Waals surface area contributed by atoms with E-state index in [9.17, 15) is 19.3 Å². The zero-order valence-electron chi connectivity index (χ0n) is 9.51. The van der Waals surface area contributed by atoms with Crippen molar-refractivity contribution in [3.8, 4) is 0 Å². The lowest BCUT2D eigenvalue weighted by molar-refractivity contribution is -0.387. The Morgan fingerprint density at radius 3 is 2.78 bits per heavy atom. The van der Waals surface area contributed by atoms with Gasteiger partial charge in [0.05, 0.1) is 4.92 Å². The van der Waals surface area contributed by atoms with Crippen LogP contribution in [0.4, 0.5) is 15.8 Å². The first-order valence-corrected chi connectivity index (χ1v) is 5.47. The van der Waals surface area contributed by atoms with E-state index in [2.05, 4.69) is 0 Å². The molecule has 1 unspecified atom stereocenters. The number of carbonyl (C=O) groups is 1. The van der Waals surface area contributed by atoms with Crippen molar-refractivity contribution in [3.05, 3.63) is 34.1 Å².